The highest BCUT2D eigenvalue weighted by molar-refractivity contribution is 6.43. The van der Waals surface area contributed by atoms with E-state index in [4.69, 9.17) is 9.07 Å². The molecule has 2 N–H and O–H groups in total. The van der Waals surface area contributed by atoms with Gasteiger partial charge in [0.15, 0.2) is 0 Å². The number of anilines is 1. The molecule has 7 nitrogen and oxygen atoms in total. The molecule has 3 aliphatic rings. The molecule has 2 fully saturated rings. The minimum absolute atomic E-state index is 0.142. The van der Waals surface area contributed by atoms with Gasteiger partial charge in [-0.3, -0.25) is 14.5 Å². The van der Waals surface area contributed by atoms with Gasteiger partial charge in [0.1, 0.15) is 18.1 Å². The van der Waals surface area contributed by atoms with Gasteiger partial charge in [-0.2, -0.15) is 0 Å². The van der Waals surface area contributed by atoms with Crippen LogP contribution in [0.5, 0.6) is 0 Å². The average molecular weight is 565 g/mol. The zero-order valence-corrected chi connectivity index (χ0v) is 23.8. The van der Waals surface area contributed by atoms with Gasteiger partial charge < -0.3 is 19.2 Å². The standard InChI is InChI=1S/C34H36BNO6/c1-2-9-24-19-28-32(34(39)36(33(28)38)25-12-7-4-8-13-25)29-20-35(40)42-30(31(24)29)17-14-23(22-10-5-3-6-11-22)18-26-15-16-27(21-37)41-26/h3-8,10-13,15-16,18,28-30,32,37,40H,2,9,14,17,19-21H2,1H3/b23-18-/t28-,29+,30-,32-/m1/s1. The minimum Gasteiger partial charge on any atom is -0.459 e. The van der Waals surface area contributed by atoms with E-state index in [1.54, 1.807) is 18.2 Å². The van der Waals surface area contributed by atoms with E-state index in [0.717, 1.165) is 29.6 Å². The molecule has 0 saturated carbocycles. The van der Waals surface area contributed by atoms with Crippen LogP contribution in [0.15, 0.2) is 88.4 Å². The summed E-state index contributed by atoms with van der Waals surface area (Å²) in [6.07, 6.45) is 5.47. The molecule has 2 saturated heterocycles. The fourth-order valence-electron chi connectivity index (χ4n) is 7.10. The first-order valence-corrected chi connectivity index (χ1v) is 14.9. The lowest BCUT2D eigenvalue weighted by atomic mass is 9.58. The Labute approximate surface area is 246 Å². The van der Waals surface area contributed by atoms with Gasteiger partial charge in [0, 0.05) is 0 Å². The van der Waals surface area contributed by atoms with Gasteiger partial charge in [0.25, 0.3) is 0 Å². The first kappa shape index (κ1) is 28.4. The van der Waals surface area contributed by atoms with Gasteiger partial charge >= 0.3 is 7.12 Å². The number of aliphatic hydroxyl groups excluding tert-OH is 1. The van der Waals surface area contributed by atoms with E-state index < -0.39 is 19.0 Å². The molecule has 2 aliphatic heterocycles. The Morgan fingerprint density at radius 1 is 1.00 bits per heavy atom. The molecule has 1 aromatic heterocycles. The van der Waals surface area contributed by atoms with Crippen LogP contribution in [-0.2, 0) is 20.9 Å². The largest absolute Gasteiger partial charge is 0.459 e. The molecule has 0 bridgehead atoms. The molecule has 2 aromatic carbocycles. The van der Waals surface area contributed by atoms with Crippen molar-refractivity contribution in [3.8, 4) is 0 Å². The summed E-state index contributed by atoms with van der Waals surface area (Å²) >= 11 is 0. The Hall–Kier alpha value is -3.72. The number of nitrogens with zero attached hydrogens (tertiary/aromatic N) is 1. The van der Waals surface area contributed by atoms with Crippen molar-refractivity contribution in [1.29, 1.82) is 0 Å². The highest BCUT2D eigenvalue weighted by Crippen LogP contribution is 2.52. The van der Waals surface area contributed by atoms with E-state index in [0.29, 0.717) is 42.8 Å². The second kappa shape index (κ2) is 12.3. The number of imide groups is 1. The van der Waals surface area contributed by atoms with Crippen molar-refractivity contribution in [3.05, 3.63) is 101 Å². The third-order valence-corrected chi connectivity index (χ3v) is 8.85. The molecule has 0 unspecified atom stereocenters. The van der Waals surface area contributed by atoms with E-state index in [2.05, 4.69) is 19.1 Å². The van der Waals surface area contributed by atoms with Crippen LogP contribution < -0.4 is 4.90 Å². The number of para-hydroxylation sites is 1. The normalized spacial score (nSPS) is 24.3. The van der Waals surface area contributed by atoms with Gasteiger partial charge in [0.2, 0.25) is 11.8 Å². The zero-order valence-electron chi connectivity index (χ0n) is 23.8. The Kier molecular flexibility index (Phi) is 8.29. The summed E-state index contributed by atoms with van der Waals surface area (Å²) in [5.41, 5.74) is 5.00. The number of furan rings is 1. The summed E-state index contributed by atoms with van der Waals surface area (Å²) in [6.45, 7) is 1.96. The number of carbonyl (C=O) groups excluding carboxylic acids is 2. The van der Waals surface area contributed by atoms with Crippen LogP contribution in [0.1, 0.15) is 56.1 Å². The summed E-state index contributed by atoms with van der Waals surface area (Å²) in [5, 5.41) is 20.4. The Bertz CT molecular complexity index is 1500. The van der Waals surface area contributed by atoms with Crippen LogP contribution in [0.25, 0.3) is 11.6 Å². The van der Waals surface area contributed by atoms with Gasteiger partial charge in [0.05, 0.1) is 23.6 Å². The van der Waals surface area contributed by atoms with Crippen LogP contribution in [0.2, 0.25) is 6.32 Å². The summed E-state index contributed by atoms with van der Waals surface area (Å²) in [4.78, 5) is 28.9. The van der Waals surface area contributed by atoms with Crippen LogP contribution in [-0.4, -0.2) is 35.2 Å². The Balaban J connectivity index is 1.32. The maximum absolute atomic E-state index is 13.9. The molecule has 4 atom stereocenters. The average Bonchev–Trinajstić information content (AvgIpc) is 3.57. The van der Waals surface area contributed by atoms with E-state index in [1.165, 1.54) is 10.5 Å². The van der Waals surface area contributed by atoms with E-state index in [-0.39, 0.29) is 30.4 Å². The molecule has 1 aliphatic carbocycles. The number of hydrogen-bond acceptors (Lipinski definition) is 6. The molecule has 2 amide bonds. The number of aliphatic hydroxyl groups is 1. The summed E-state index contributed by atoms with van der Waals surface area (Å²) in [7, 11) is -1.01. The maximum atomic E-state index is 13.9. The van der Waals surface area contributed by atoms with Crippen LogP contribution >= 0.6 is 0 Å². The van der Waals surface area contributed by atoms with Crippen molar-refractivity contribution in [2.45, 2.75) is 58.1 Å². The molecule has 3 aromatic rings. The highest BCUT2D eigenvalue weighted by atomic mass is 16.5. The smallest absolute Gasteiger partial charge is 0.455 e. The predicted octanol–water partition coefficient (Wildman–Crippen LogP) is 5.89. The molecule has 6 rings (SSSR count). The molecular formula is C34H36BNO6. The third kappa shape index (κ3) is 5.42. The van der Waals surface area contributed by atoms with Crippen molar-refractivity contribution in [3.63, 3.8) is 0 Å². The van der Waals surface area contributed by atoms with Crippen LogP contribution in [0.4, 0.5) is 5.69 Å². The molecule has 3 heterocycles. The first-order chi connectivity index (χ1) is 20.5. The van der Waals surface area contributed by atoms with E-state index >= 15 is 0 Å². The van der Waals surface area contributed by atoms with Crippen molar-refractivity contribution in [1.82, 2.24) is 0 Å². The molecule has 0 radical (unpaired) electrons. The molecule has 8 heteroatoms. The molecule has 216 valence electrons. The maximum Gasteiger partial charge on any atom is 0.455 e. The topological polar surface area (TPSA) is 100 Å². The number of carbonyl (C=O) groups is 2. The number of benzene rings is 2. The van der Waals surface area contributed by atoms with Crippen LogP contribution in [0, 0.1) is 17.8 Å². The van der Waals surface area contributed by atoms with Crippen molar-refractivity contribution in [2.75, 3.05) is 4.90 Å². The fraction of sp³-hybridized carbons (Fsp3) is 0.353. The second-order valence-corrected chi connectivity index (χ2v) is 11.5. The Morgan fingerprint density at radius 2 is 1.74 bits per heavy atom. The lowest BCUT2D eigenvalue weighted by molar-refractivity contribution is -0.122. The number of hydrogen-bond donors (Lipinski definition) is 2. The molecule has 42 heavy (non-hydrogen) atoms. The lowest BCUT2D eigenvalue weighted by Crippen LogP contribution is -2.46. The molecule has 0 spiro atoms. The monoisotopic (exact) mass is 565 g/mol. The van der Waals surface area contributed by atoms with Gasteiger partial charge in [-0.05, 0) is 85.0 Å². The second-order valence-electron chi connectivity index (χ2n) is 11.5. The van der Waals surface area contributed by atoms with Crippen molar-refractivity contribution in [2.24, 2.45) is 17.8 Å². The summed E-state index contributed by atoms with van der Waals surface area (Å²) < 4.78 is 12.0. The lowest BCUT2D eigenvalue weighted by Gasteiger charge is -2.43. The summed E-state index contributed by atoms with van der Waals surface area (Å²) in [6, 6.07) is 22.8. The number of rotatable bonds is 9. The van der Waals surface area contributed by atoms with Crippen molar-refractivity contribution < 1.29 is 28.8 Å². The number of allylic oxidation sites excluding steroid dienone is 2. The first-order valence-electron chi connectivity index (χ1n) is 14.9. The molecular weight excluding hydrogens is 529 g/mol. The number of amides is 2. The fourth-order valence-corrected chi connectivity index (χ4v) is 7.10. The van der Waals surface area contributed by atoms with E-state index in [9.17, 15) is 19.7 Å². The van der Waals surface area contributed by atoms with Crippen LogP contribution in [0.3, 0.4) is 0 Å². The zero-order chi connectivity index (χ0) is 29.2. The summed E-state index contributed by atoms with van der Waals surface area (Å²) in [5.74, 6) is -0.326. The SMILES string of the molecule is CCCC1=C2[C@@H](CC/C(=C/c3ccc(CO)o3)c3ccccc3)OB(O)C[C@@H]2[C@@H]2C(=O)N(c3ccccc3)C(=O)[C@@H]2C1. The van der Waals surface area contributed by atoms with Gasteiger partial charge in [-0.1, -0.05) is 67.4 Å². The van der Waals surface area contributed by atoms with Gasteiger partial charge in [-0.15, -0.1) is 0 Å². The number of fused-ring (bicyclic) bond motifs is 3. The predicted molar refractivity (Wildman–Crippen MR) is 162 cm³/mol. The Morgan fingerprint density at radius 3 is 2.43 bits per heavy atom. The van der Waals surface area contributed by atoms with Gasteiger partial charge in [-0.25, -0.2) is 0 Å². The third-order valence-electron chi connectivity index (χ3n) is 8.85. The highest BCUT2D eigenvalue weighted by Gasteiger charge is 2.57. The van der Waals surface area contributed by atoms with Crippen molar-refractivity contribution >= 4 is 36.3 Å². The van der Waals surface area contributed by atoms with E-state index in [1.807, 2.05) is 48.5 Å². The minimum atomic E-state index is -1.01. The quantitative estimate of drug-likeness (QED) is 0.191.